The molecule has 4 rings (SSSR count). The number of carbonyl (C=O) groups excluding carboxylic acids is 2. The molecule has 2 aromatic carbocycles. The van der Waals surface area contributed by atoms with Crippen molar-refractivity contribution in [2.75, 3.05) is 25.5 Å². The summed E-state index contributed by atoms with van der Waals surface area (Å²) in [6, 6.07) is 12.0. The summed E-state index contributed by atoms with van der Waals surface area (Å²) in [6.45, 7) is 2.72. The van der Waals surface area contributed by atoms with E-state index in [4.69, 9.17) is 9.47 Å². The number of hydrogen-bond acceptors (Lipinski definition) is 6. The highest BCUT2D eigenvalue weighted by atomic mass is 32.2. The zero-order valence-electron chi connectivity index (χ0n) is 19.2. The molecule has 2 aliphatic heterocycles. The summed E-state index contributed by atoms with van der Waals surface area (Å²) < 4.78 is 38.6. The van der Waals surface area contributed by atoms with Gasteiger partial charge in [0.1, 0.15) is 11.5 Å². The van der Waals surface area contributed by atoms with Gasteiger partial charge in [-0.1, -0.05) is 19.1 Å². The first-order chi connectivity index (χ1) is 16.3. The lowest BCUT2D eigenvalue weighted by Gasteiger charge is -2.31. The minimum atomic E-state index is -3.76. The number of ether oxygens (including phenoxy) is 2. The predicted molar refractivity (Wildman–Crippen MR) is 126 cm³/mol. The lowest BCUT2D eigenvalue weighted by atomic mass is 9.97. The standard InChI is InChI=1S/C24H29N3O6S/c1-3-21-24(29)26-20-14-19(7-8-22(20)33-21)34(30,31)27-11-9-17(10-12-27)23(28)25-15-16-5-4-6-18(13-16)32-2/h4-8,13-14,17,21H,3,9-12,15H2,1-2H3,(H,25,28)(H,26,29). The van der Waals surface area contributed by atoms with E-state index < -0.39 is 16.1 Å². The molecule has 2 N–H and O–H groups in total. The molecule has 0 radical (unpaired) electrons. The zero-order valence-corrected chi connectivity index (χ0v) is 20.1. The maximum atomic E-state index is 13.2. The molecule has 34 heavy (non-hydrogen) atoms. The Hall–Kier alpha value is -3.11. The van der Waals surface area contributed by atoms with Crippen molar-refractivity contribution in [2.24, 2.45) is 5.92 Å². The normalized spacial score (nSPS) is 19.0. The molecule has 0 saturated carbocycles. The summed E-state index contributed by atoms with van der Waals surface area (Å²) in [5, 5.41) is 5.66. The number of benzene rings is 2. The average Bonchev–Trinajstić information content (AvgIpc) is 2.86. The van der Waals surface area contributed by atoms with Gasteiger partial charge in [-0.05, 0) is 55.2 Å². The van der Waals surface area contributed by atoms with Crippen LogP contribution in [0.1, 0.15) is 31.7 Å². The minimum absolute atomic E-state index is 0.0843. The van der Waals surface area contributed by atoms with Gasteiger partial charge in [0.05, 0.1) is 17.7 Å². The van der Waals surface area contributed by atoms with Crippen LogP contribution in [0, 0.1) is 5.92 Å². The van der Waals surface area contributed by atoms with Crippen LogP contribution in [0.3, 0.4) is 0 Å². The summed E-state index contributed by atoms with van der Waals surface area (Å²) in [7, 11) is -2.17. The first-order valence-electron chi connectivity index (χ1n) is 11.3. The second-order valence-corrected chi connectivity index (χ2v) is 10.3. The number of piperidine rings is 1. The van der Waals surface area contributed by atoms with Crippen LogP contribution < -0.4 is 20.1 Å². The van der Waals surface area contributed by atoms with Gasteiger partial charge in [0.2, 0.25) is 15.9 Å². The van der Waals surface area contributed by atoms with E-state index in [1.807, 2.05) is 31.2 Å². The molecule has 0 spiro atoms. The van der Waals surface area contributed by atoms with Gasteiger partial charge in [-0.25, -0.2) is 8.42 Å². The third-order valence-corrected chi connectivity index (χ3v) is 8.10. The number of anilines is 1. The molecule has 0 bridgehead atoms. The van der Waals surface area contributed by atoms with E-state index in [2.05, 4.69) is 10.6 Å². The Kier molecular flexibility index (Phi) is 7.08. The van der Waals surface area contributed by atoms with E-state index in [1.165, 1.54) is 16.4 Å². The van der Waals surface area contributed by atoms with E-state index in [1.54, 1.807) is 13.2 Å². The maximum absolute atomic E-state index is 13.2. The number of amides is 2. The molecule has 1 atom stereocenters. The van der Waals surface area contributed by atoms with Gasteiger partial charge in [0, 0.05) is 25.6 Å². The Morgan fingerprint density at radius 3 is 2.68 bits per heavy atom. The zero-order chi connectivity index (χ0) is 24.3. The first kappa shape index (κ1) is 24.0. The van der Waals surface area contributed by atoms with E-state index in [-0.39, 0.29) is 35.7 Å². The number of nitrogens with one attached hydrogen (secondary N) is 2. The van der Waals surface area contributed by atoms with Crippen molar-refractivity contribution in [2.45, 2.75) is 43.7 Å². The molecule has 0 aliphatic carbocycles. The highest BCUT2D eigenvalue weighted by Crippen LogP contribution is 2.34. The number of hydrogen-bond donors (Lipinski definition) is 2. The lowest BCUT2D eigenvalue weighted by Crippen LogP contribution is -2.43. The van der Waals surface area contributed by atoms with Crippen molar-refractivity contribution in [3.05, 3.63) is 48.0 Å². The van der Waals surface area contributed by atoms with Crippen molar-refractivity contribution in [3.8, 4) is 11.5 Å². The molecule has 9 nitrogen and oxygen atoms in total. The van der Waals surface area contributed by atoms with Crippen LogP contribution >= 0.6 is 0 Å². The number of fused-ring (bicyclic) bond motifs is 1. The lowest BCUT2D eigenvalue weighted by molar-refractivity contribution is -0.126. The molecule has 2 heterocycles. The molecule has 2 aliphatic rings. The minimum Gasteiger partial charge on any atom is -0.497 e. The van der Waals surface area contributed by atoms with Crippen LogP contribution in [0.15, 0.2) is 47.4 Å². The molecule has 10 heteroatoms. The highest BCUT2D eigenvalue weighted by Gasteiger charge is 2.33. The van der Waals surface area contributed by atoms with Crippen molar-refractivity contribution >= 4 is 27.5 Å². The van der Waals surface area contributed by atoms with Gasteiger partial charge in [0.25, 0.3) is 5.91 Å². The van der Waals surface area contributed by atoms with E-state index in [0.717, 1.165) is 11.3 Å². The van der Waals surface area contributed by atoms with Crippen LogP contribution in [0.4, 0.5) is 5.69 Å². The van der Waals surface area contributed by atoms with Crippen molar-refractivity contribution in [1.82, 2.24) is 9.62 Å². The molecule has 2 amide bonds. The predicted octanol–water partition coefficient (Wildman–Crippen LogP) is 2.52. The maximum Gasteiger partial charge on any atom is 0.265 e. The van der Waals surface area contributed by atoms with Crippen LogP contribution in [0.2, 0.25) is 0 Å². The number of methoxy groups -OCH3 is 1. The van der Waals surface area contributed by atoms with Crippen LogP contribution in [0.5, 0.6) is 11.5 Å². The van der Waals surface area contributed by atoms with Gasteiger partial charge in [-0.15, -0.1) is 0 Å². The second kappa shape index (κ2) is 10.0. The number of sulfonamides is 1. The first-order valence-corrected chi connectivity index (χ1v) is 12.8. The largest absolute Gasteiger partial charge is 0.497 e. The molecule has 1 unspecified atom stereocenters. The Balaban J connectivity index is 1.35. The number of carbonyl (C=O) groups is 2. The van der Waals surface area contributed by atoms with E-state index >= 15 is 0 Å². The number of nitrogens with zero attached hydrogens (tertiary/aromatic N) is 1. The van der Waals surface area contributed by atoms with Crippen molar-refractivity contribution in [1.29, 1.82) is 0 Å². The molecular weight excluding hydrogens is 458 g/mol. The summed E-state index contributed by atoms with van der Waals surface area (Å²) in [5.41, 5.74) is 1.28. The van der Waals surface area contributed by atoms with Crippen molar-refractivity contribution in [3.63, 3.8) is 0 Å². The van der Waals surface area contributed by atoms with Crippen LogP contribution in [-0.4, -0.2) is 50.8 Å². The van der Waals surface area contributed by atoms with Crippen molar-refractivity contribution < 1.29 is 27.5 Å². The van der Waals surface area contributed by atoms with Crippen LogP contribution in [-0.2, 0) is 26.2 Å². The summed E-state index contributed by atoms with van der Waals surface area (Å²) in [5.74, 6) is 0.559. The third-order valence-electron chi connectivity index (χ3n) is 6.20. The summed E-state index contributed by atoms with van der Waals surface area (Å²) in [4.78, 5) is 24.8. The van der Waals surface area contributed by atoms with E-state index in [0.29, 0.717) is 37.2 Å². The fourth-order valence-electron chi connectivity index (χ4n) is 4.18. The van der Waals surface area contributed by atoms with Gasteiger partial charge in [-0.2, -0.15) is 4.31 Å². The van der Waals surface area contributed by atoms with Gasteiger partial charge in [0.15, 0.2) is 6.10 Å². The van der Waals surface area contributed by atoms with Gasteiger partial charge >= 0.3 is 0 Å². The number of rotatable bonds is 7. The quantitative estimate of drug-likeness (QED) is 0.620. The monoisotopic (exact) mass is 487 g/mol. The second-order valence-electron chi connectivity index (χ2n) is 8.41. The summed E-state index contributed by atoms with van der Waals surface area (Å²) >= 11 is 0. The Labute approximate surface area is 199 Å². The topological polar surface area (TPSA) is 114 Å². The average molecular weight is 488 g/mol. The summed E-state index contributed by atoms with van der Waals surface area (Å²) in [6.07, 6.45) is 0.815. The molecule has 2 aromatic rings. The molecule has 1 saturated heterocycles. The third kappa shape index (κ3) is 5.02. The van der Waals surface area contributed by atoms with Crippen LogP contribution in [0.25, 0.3) is 0 Å². The molecule has 1 fully saturated rings. The Bertz CT molecular complexity index is 1170. The molecule has 0 aromatic heterocycles. The fourth-order valence-corrected chi connectivity index (χ4v) is 5.68. The van der Waals surface area contributed by atoms with Gasteiger partial charge in [-0.3, -0.25) is 9.59 Å². The molecule has 182 valence electrons. The smallest absolute Gasteiger partial charge is 0.265 e. The fraction of sp³-hybridized carbons (Fsp3) is 0.417. The Morgan fingerprint density at radius 2 is 1.97 bits per heavy atom. The highest BCUT2D eigenvalue weighted by molar-refractivity contribution is 7.89. The van der Waals surface area contributed by atoms with Gasteiger partial charge < -0.3 is 20.1 Å². The van der Waals surface area contributed by atoms with E-state index in [9.17, 15) is 18.0 Å². The SMILES string of the molecule is CCC1Oc2ccc(S(=O)(=O)N3CCC(C(=O)NCc4cccc(OC)c4)CC3)cc2NC1=O. The Morgan fingerprint density at radius 1 is 1.21 bits per heavy atom. The molecular formula is C24H29N3O6S.